The first-order valence-corrected chi connectivity index (χ1v) is 11.5. The third kappa shape index (κ3) is 10.1. The summed E-state index contributed by atoms with van der Waals surface area (Å²) in [5.41, 5.74) is 12.2. The van der Waals surface area contributed by atoms with Gasteiger partial charge in [0.15, 0.2) is 0 Å². The summed E-state index contributed by atoms with van der Waals surface area (Å²) in [5.74, 6) is -7.09. The van der Waals surface area contributed by atoms with Crippen LogP contribution in [0.1, 0.15) is 24.1 Å². The van der Waals surface area contributed by atoms with Crippen molar-refractivity contribution in [3.63, 3.8) is 0 Å². The predicted octanol–water partition coefficient (Wildman–Crippen LogP) is -2.88. The lowest BCUT2D eigenvalue weighted by Crippen LogP contribution is -2.58. The first-order valence-electron chi connectivity index (χ1n) is 11.5. The van der Waals surface area contributed by atoms with Gasteiger partial charge in [-0.05, 0) is 17.7 Å². The van der Waals surface area contributed by atoms with E-state index in [9.17, 15) is 39.0 Å². The molecule has 0 spiro atoms. The van der Waals surface area contributed by atoms with Crippen molar-refractivity contribution in [3.8, 4) is 5.75 Å². The zero-order valence-corrected chi connectivity index (χ0v) is 20.5. The molecule has 11 N–H and O–H groups in total. The Morgan fingerprint density at radius 1 is 0.846 bits per heavy atom. The number of carbonyl (C=O) groups is 6. The third-order valence-electron chi connectivity index (χ3n) is 5.37. The van der Waals surface area contributed by atoms with Crippen LogP contribution in [0.25, 0.3) is 0 Å². The summed E-state index contributed by atoms with van der Waals surface area (Å²) in [6, 6.07) is -0.294. The SMILES string of the molecule is NC(=O)CC(NC(=O)C(Cc1ccc(O)cc1)NC(=O)C(N)Cc1cnc[nH]1)C(=O)NC(CC(=O)O)C(=O)O. The first-order chi connectivity index (χ1) is 18.3. The summed E-state index contributed by atoms with van der Waals surface area (Å²) < 4.78 is 0. The first kappa shape index (κ1) is 30.2. The van der Waals surface area contributed by atoms with Crippen molar-refractivity contribution < 1.29 is 44.1 Å². The molecule has 2 aromatic rings. The number of nitrogens with two attached hydrogens (primary N) is 2. The van der Waals surface area contributed by atoms with E-state index in [1.165, 1.54) is 36.8 Å². The van der Waals surface area contributed by atoms with Crippen LogP contribution < -0.4 is 27.4 Å². The number of aromatic amines is 1. The summed E-state index contributed by atoms with van der Waals surface area (Å²) in [5, 5.41) is 34.3. The highest BCUT2D eigenvalue weighted by Crippen LogP contribution is 2.12. The lowest BCUT2D eigenvalue weighted by molar-refractivity contribution is -0.147. The molecule has 0 bridgehead atoms. The molecule has 16 nitrogen and oxygen atoms in total. The number of aromatic nitrogens is 2. The summed E-state index contributed by atoms with van der Waals surface area (Å²) in [6.45, 7) is 0. The standard InChI is InChI=1S/C23H29N7O9/c24-14(6-12-9-26-10-27-12)20(35)28-15(5-11-1-3-13(31)4-2-11)21(36)29-16(7-18(25)32)22(37)30-17(23(38)39)8-19(33)34/h1-4,9-10,14-17,31H,5-8,24H2,(H2,25,32)(H,26,27)(H,28,35)(H,29,36)(H,30,37)(H,33,34)(H,38,39). The lowest BCUT2D eigenvalue weighted by atomic mass is 10.0. The van der Waals surface area contributed by atoms with Crippen LogP contribution in [0.3, 0.4) is 0 Å². The molecule has 0 saturated carbocycles. The molecule has 0 aliphatic rings. The average Bonchev–Trinajstić information content (AvgIpc) is 3.36. The van der Waals surface area contributed by atoms with E-state index in [-0.39, 0.29) is 18.6 Å². The molecule has 1 aromatic heterocycles. The highest BCUT2D eigenvalue weighted by atomic mass is 16.4. The number of rotatable bonds is 15. The minimum atomic E-state index is -1.85. The molecule has 0 aliphatic heterocycles. The largest absolute Gasteiger partial charge is 0.508 e. The van der Waals surface area contributed by atoms with Gasteiger partial charge < -0.3 is 47.7 Å². The number of aromatic hydroxyl groups is 1. The number of primary amides is 1. The number of carbonyl (C=O) groups excluding carboxylic acids is 4. The van der Waals surface area contributed by atoms with E-state index < -0.39 is 72.6 Å². The zero-order chi connectivity index (χ0) is 29.1. The fourth-order valence-electron chi connectivity index (χ4n) is 3.41. The second-order valence-corrected chi connectivity index (χ2v) is 8.55. The molecule has 1 aromatic carbocycles. The minimum absolute atomic E-state index is 0.0436. The number of imidazole rings is 1. The normalized spacial score (nSPS) is 13.8. The van der Waals surface area contributed by atoms with Crippen LogP contribution in [0.15, 0.2) is 36.8 Å². The van der Waals surface area contributed by atoms with E-state index in [1.807, 2.05) is 5.32 Å². The number of nitrogens with one attached hydrogen (secondary N) is 4. The number of carboxylic acid groups (broad SMARTS) is 2. The number of phenolic OH excluding ortho intramolecular Hbond substituents is 1. The fraction of sp³-hybridized carbons (Fsp3) is 0.348. The number of aliphatic carboxylic acids is 2. The lowest BCUT2D eigenvalue weighted by Gasteiger charge is -2.24. The number of phenols is 1. The van der Waals surface area contributed by atoms with Crippen LogP contribution in [0.5, 0.6) is 5.75 Å². The Hall–Kier alpha value is -4.99. The van der Waals surface area contributed by atoms with Crippen LogP contribution >= 0.6 is 0 Å². The van der Waals surface area contributed by atoms with Crippen molar-refractivity contribution in [1.29, 1.82) is 0 Å². The summed E-state index contributed by atoms with van der Waals surface area (Å²) in [7, 11) is 0. The molecule has 4 unspecified atom stereocenters. The summed E-state index contributed by atoms with van der Waals surface area (Å²) in [4.78, 5) is 79.2. The van der Waals surface area contributed by atoms with Gasteiger partial charge in [0.2, 0.25) is 23.6 Å². The molecule has 4 amide bonds. The molecule has 39 heavy (non-hydrogen) atoms. The molecule has 0 fully saturated rings. The Morgan fingerprint density at radius 3 is 1.97 bits per heavy atom. The number of H-pyrrole nitrogens is 1. The minimum Gasteiger partial charge on any atom is -0.508 e. The van der Waals surface area contributed by atoms with Gasteiger partial charge in [-0.25, -0.2) is 9.78 Å². The number of amides is 4. The van der Waals surface area contributed by atoms with Crippen LogP contribution in [0.4, 0.5) is 0 Å². The Balaban J connectivity index is 2.23. The van der Waals surface area contributed by atoms with Crippen molar-refractivity contribution in [2.45, 2.75) is 49.9 Å². The van der Waals surface area contributed by atoms with Crippen LogP contribution in [0, 0.1) is 0 Å². The molecule has 1 heterocycles. The van der Waals surface area contributed by atoms with Crippen molar-refractivity contribution in [2.75, 3.05) is 0 Å². The fourth-order valence-corrected chi connectivity index (χ4v) is 3.41. The van der Waals surface area contributed by atoms with Gasteiger partial charge in [0.25, 0.3) is 0 Å². The van der Waals surface area contributed by atoms with Gasteiger partial charge in [-0.15, -0.1) is 0 Å². The monoisotopic (exact) mass is 547 g/mol. The highest BCUT2D eigenvalue weighted by Gasteiger charge is 2.32. The maximum absolute atomic E-state index is 13.2. The Bertz CT molecular complexity index is 1190. The molecule has 0 aliphatic carbocycles. The number of carboxylic acids is 2. The van der Waals surface area contributed by atoms with Gasteiger partial charge in [0.1, 0.15) is 23.9 Å². The molecule has 210 valence electrons. The second-order valence-electron chi connectivity index (χ2n) is 8.55. The van der Waals surface area contributed by atoms with Gasteiger partial charge in [0.05, 0.1) is 25.2 Å². The number of nitrogens with zero attached hydrogens (tertiary/aromatic N) is 1. The smallest absolute Gasteiger partial charge is 0.326 e. The van der Waals surface area contributed by atoms with E-state index in [4.69, 9.17) is 16.6 Å². The molecule has 0 radical (unpaired) electrons. The third-order valence-corrected chi connectivity index (χ3v) is 5.37. The molecular formula is C23H29N7O9. The van der Waals surface area contributed by atoms with E-state index in [1.54, 1.807) is 0 Å². The van der Waals surface area contributed by atoms with Crippen molar-refractivity contribution >= 4 is 35.6 Å². The molecule has 0 saturated heterocycles. The second kappa shape index (κ2) is 14.1. The maximum atomic E-state index is 13.2. The average molecular weight is 548 g/mol. The van der Waals surface area contributed by atoms with Crippen molar-refractivity contribution in [2.24, 2.45) is 11.5 Å². The van der Waals surface area contributed by atoms with Crippen molar-refractivity contribution in [1.82, 2.24) is 25.9 Å². The quantitative estimate of drug-likeness (QED) is 0.109. The van der Waals surface area contributed by atoms with Crippen LogP contribution in [0.2, 0.25) is 0 Å². The highest BCUT2D eigenvalue weighted by molar-refractivity contribution is 5.96. The van der Waals surface area contributed by atoms with E-state index in [0.717, 1.165) is 0 Å². The summed E-state index contributed by atoms with van der Waals surface area (Å²) in [6.07, 6.45) is 1.08. The van der Waals surface area contributed by atoms with Crippen molar-refractivity contribution in [3.05, 3.63) is 48.0 Å². The zero-order valence-electron chi connectivity index (χ0n) is 20.5. The Labute approximate surface area is 221 Å². The Kier molecular flexibility index (Phi) is 10.9. The number of hydrogen-bond acceptors (Lipinski definition) is 9. The van der Waals surface area contributed by atoms with Gasteiger partial charge >= 0.3 is 11.9 Å². The molecule has 4 atom stereocenters. The van der Waals surface area contributed by atoms with Crippen LogP contribution in [-0.2, 0) is 41.6 Å². The Morgan fingerprint density at radius 2 is 1.44 bits per heavy atom. The molecule has 2 rings (SSSR count). The molecular weight excluding hydrogens is 518 g/mol. The van der Waals surface area contributed by atoms with E-state index in [2.05, 4.69) is 20.6 Å². The number of hydrogen-bond donors (Lipinski definition) is 9. The van der Waals surface area contributed by atoms with Gasteiger partial charge in [-0.2, -0.15) is 0 Å². The predicted molar refractivity (Wildman–Crippen MR) is 132 cm³/mol. The van der Waals surface area contributed by atoms with Gasteiger partial charge in [-0.3, -0.25) is 24.0 Å². The van der Waals surface area contributed by atoms with Gasteiger partial charge in [0, 0.05) is 24.7 Å². The topological polar surface area (TPSA) is 280 Å². The van der Waals surface area contributed by atoms with E-state index >= 15 is 0 Å². The van der Waals surface area contributed by atoms with Gasteiger partial charge in [-0.1, -0.05) is 12.1 Å². The van der Waals surface area contributed by atoms with E-state index in [0.29, 0.717) is 11.3 Å². The number of benzene rings is 1. The van der Waals surface area contributed by atoms with Crippen LogP contribution in [-0.4, -0.2) is 85.0 Å². The maximum Gasteiger partial charge on any atom is 0.326 e. The molecule has 16 heteroatoms. The summed E-state index contributed by atoms with van der Waals surface area (Å²) >= 11 is 0.